The standard InChI is InChI=1S/C31H66NO3P/c1-4-7-10-13-16-19-22-25-28-31-35-36(33,34)32(29-26-23-20-17-14-11-8-5-2)30-27-24-21-18-15-12-9-6-3/h4-31H2,1-3H3,(H,33,34). The fourth-order valence-electron chi connectivity index (χ4n) is 4.90. The summed E-state index contributed by atoms with van der Waals surface area (Å²) in [5.41, 5.74) is 0. The quantitative estimate of drug-likeness (QED) is 0.0739. The second-order valence-corrected chi connectivity index (χ2v) is 12.9. The van der Waals surface area contributed by atoms with E-state index in [0.717, 1.165) is 38.5 Å². The Morgan fingerprint density at radius 1 is 0.472 bits per heavy atom. The van der Waals surface area contributed by atoms with Gasteiger partial charge in [-0.25, -0.2) is 9.24 Å². The molecule has 0 rings (SSSR count). The topological polar surface area (TPSA) is 49.8 Å². The molecule has 1 unspecified atom stereocenters. The van der Waals surface area contributed by atoms with Gasteiger partial charge < -0.3 is 4.89 Å². The maximum Gasteiger partial charge on any atom is 0.405 e. The van der Waals surface area contributed by atoms with Gasteiger partial charge in [0.1, 0.15) is 0 Å². The minimum Gasteiger partial charge on any atom is -0.312 e. The molecule has 0 aromatic carbocycles. The van der Waals surface area contributed by atoms with Crippen molar-refractivity contribution in [2.24, 2.45) is 0 Å². The van der Waals surface area contributed by atoms with Crippen molar-refractivity contribution in [2.45, 2.75) is 181 Å². The van der Waals surface area contributed by atoms with Crippen LogP contribution in [0, 0.1) is 0 Å². The van der Waals surface area contributed by atoms with Gasteiger partial charge in [0.05, 0.1) is 6.61 Å². The summed E-state index contributed by atoms with van der Waals surface area (Å²) >= 11 is 0. The number of hydrogen-bond donors (Lipinski definition) is 1. The van der Waals surface area contributed by atoms with Crippen LogP contribution in [0.4, 0.5) is 0 Å². The summed E-state index contributed by atoms with van der Waals surface area (Å²) in [4.78, 5) is 10.8. The minimum atomic E-state index is -3.68. The van der Waals surface area contributed by atoms with Crippen LogP contribution in [0.3, 0.4) is 0 Å². The van der Waals surface area contributed by atoms with Crippen molar-refractivity contribution in [1.82, 2.24) is 4.67 Å². The normalized spacial score (nSPS) is 13.5. The third-order valence-corrected chi connectivity index (χ3v) is 9.04. The highest BCUT2D eigenvalue weighted by molar-refractivity contribution is 7.50. The molecule has 5 heteroatoms. The molecular formula is C31H66NO3P. The zero-order valence-corrected chi connectivity index (χ0v) is 25.9. The predicted molar refractivity (Wildman–Crippen MR) is 160 cm³/mol. The highest BCUT2D eigenvalue weighted by Crippen LogP contribution is 2.47. The lowest BCUT2D eigenvalue weighted by Gasteiger charge is -2.26. The second-order valence-electron chi connectivity index (χ2n) is 11.1. The highest BCUT2D eigenvalue weighted by Gasteiger charge is 2.28. The van der Waals surface area contributed by atoms with Gasteiger partial charge in [0.15, 0.2) is 0 Å². The van der Waals surface area contributed by atoms with E-state index in [0.29, 0.717) is 19.7 Å². The lowest BCUT2D eigenvalue weighted by atomic mass is 10.1. The van der Waals surface area contributed by atoms with Gasteiger partial charge in [-0.15, -0.1) is 0 Å². The van der Waals surface area contributed by atoms with Crippen LogP contribution in [-0.2, 0) is 9.09 Å². The van der Waals surface area contributed by atoms with E-state index in [9.17, 15) is 9.46 Å². The predicted octanol–water partition coefficient (Wildman–Crippen LogP) is 11.2. The smallest absolute Gasteiger partial charge is 0.312 e. The molecule has 218 valence electrons. The average Bonchev–Trinajstić information content (AvgIpc) is 2.86. The highest BCUT2D eigenvalue weighted by atomic mass is 31.2. The fraction of sp³-hybridized carbons (Fsp3) is 1.00. The minimum absolute atomic E-state index is 0.412. The molecule has 0 fully saturated rings. The summed E-state index contributed by atoms with van der Waals surface area (Å²) in [6.07, 6.45) is 31.2. The number of hydrogen-bond acceptors (Lipinski definition) is 2. The van der Waals surface area contributed by atoms with Crippen LogP contribution in [0.2, 0.25) is 0 Å². The van der Waals surface area contributed by atoms with Gasteiger partial charge in [0.25, 0.3) is 0 Å². The lowest BCUT2D eigenvalue weighted by Crippen LogP contribution is -2.24. The fourth-order valence-corrected chi connectivity index (χ4v) is 6.22. The Hall–Kier alpha value is 0.110. The van der Waals surface area contributed by atoms with Crippen molar-refractivity contribution in [1.29, 1.82) is 0 Å². The summed E-state index contributed by atoms with van der Waals surface area (Å²) in [6, 6.07) is 0. The molecule has 0 heterocycles. The second kappa shape index (κ2) is 28.1. The van der Waals surface area contributed by atoms with E-state index in [2.05, 4.69) is 20.8 Å². The molecule has 0 saturated heterocycles. The summed E-state index contributed by atoms with van der Waals surface area (Å²) in [5.74, 6) is 0. The molecule has 0 aliphatic heterocycles. The van der Waals surface area contributed by atoms with E-state index in [1.54, 1.807) is 4.67 Å². The van der Waals surface area contributed by atoms with Crippen molar-refractivity contribution in [3.8, 4) is 0 Å². The largest absolute Gasteiger partial charge is 0.405 e. The van der Waals surface area contributed by atoms with Gasteiger partial charge in [0, 0.05) is 13.1 Å². The van der Waals surface area contributed by atoms with Crippen molar-refractivity contribution in [3.05, 3.63) is 0 Å². The van der Waals surface area contributed by atoms with Gasteiger partial charge in [-0.3, -0.25) is 4.52 Å². The molecule has 1 N–H and O–H groups in total. The average molecular weight is 532 g/mol. The van der Waals surface area contributed by atoms with Crippen LogP contribution in [0.1, 0.15) is 181 Å². The number of nitrogens with zero attached hydrogens (tertiary/aromatic N) is 1. The molecule has 0 saturated carbocycles. The molecule has 0 aliphatic rings. The van der Waals surface area contributed by atoms with Gasteiger partial charge in [-0.05, 0) is 19.3 Å². The SMILES string of the molecule is CCCCCCCCCCCOP(=O)(O)N(CCCCCCCCCC)CCCCCCCCCC. The zero-order chi connectivity index (χ0) is 26.6. The van der Waals surface area contributed by atoms with Gasteiger partial charge in [-0.2, -0.15) is 0 Å². The maximum atomic E-state index is 13.1. The van der Waals surface area contributed by atoms with Gasteiger partial charge >= 0.3 is 7.75 Å². The Balaban J connectivity index is 4.22. The molecule has 0 bridgehead atoms. The van der Waals surface area contributed by atoms with Crippen molar-refractivity contribution < 1.29 is 14.0 Å². The first-order chi connectivity index (χ1) is 17.6. The van der Waals surface area contributed by atoms with Crippen LogP contribution in [-0.4, -0.2) is 29.3 Å². The molecule has 0 amide bonds. The van der Waals surface area contributed by atoms with E-state index in [-0.39, 0.29) is 0 Å². The zero-order valence-electron chi connectivity index (χ0n) is 25.0. The Kier molecular flexibility index (Phi) is 28.2. The van der Waals surface area contributed by atoms with Crippen LogP contribution < -0.4 is 0 Å². The summed E-state index contributed by atoms with van der Waals surface area (Å²) in [6.45, 7) is 8.56. The van der Waals surface area contributed by atoms with E-state index >= 15 is 0 Å². The van der Waals surface area contributed by atoms with Crippen molar-refractivity contribution in [3.63, 3.8) is 0 Å². The Labute approximate surface area is 227 Å². The first-order valence-corrected chi connectivity index (χ1v) is 17.8. The van der Waals surface area contributed by atoms with Crippen molar-refractivity contribution in [2.75, 3.05) is 19.7 Å². The molecular weight excluding hydrogens is 465 g/mol. The molecule has 0 aromatic heterocycles. The third kappa shape index (κ3) is 24.4. The third-order valence-electron chi connectivity index (χ3n) is 7.40. The Morgan fingerprint density at radius 3 is 1.08 bits per heavy atom. The maximum absolute atomic E-state index is 13.1. The molecule has 36 heavy (non-hydrogen) atoms. The van der Waals surface area contributed by atoms with E-state index < -0.39 is 7.75 Å². The Bertz CT molecular complexity index is 455. The first kappa shape index (κ1) is 36.1. The first-order valence-electron chi connectivity index (χ1n) is 16.3. The van der Waals surface area contributed by atoms with E-state index in [1.807, 2.05) is 0 Å². The molecule has 0 radical (unpaired) electrons. The lowest BCUT2D eigenvalue weighted by molar-refractivity contribution is 0.194. The number of rotatable bonds is 30. The molecule has 4 nitrogen and oxygen atoms in total. The molecule has 0 aromatic rings. The van der Waals surface area contributed by atoms with E-state index in [4.69, 9.17) is 4.52 Å². The molecule has 0 aliphatic carbocycles. The molecule has 1 atom stereocenters. The van der Waals surface area contributed by atoms with Crippen LogP contribution in [0.25, 0.3) is 0 Å². The molecule has 0 spiro atoms. The van der Waals surface area contributed by atoms with Gasteiger partial charge in [0.2, 0.25) is 0 Å². The summed E-state index contributed by atoms with van der Waals surface area (Å²) in [7, 11) is -3.68. The monoisotopic (exact) mass is 531 g/mol. The van der Waals surface area contributed by atoms with Crippen LogP contribution in [0.15, 0.2) is 0 Å². The number of unbranched alkanes of at least 4 members (excludes halogenated alkanes) is 22. The summed E-state index contributed by atoms with van der Waals surface area (Å²) < 4.78 is 20.5. The van der Waals surface area contributed by atoms with E-state index in [1.165, 1.54) is 122 Å². The Morgan fingerprint density at radius 2 is 0.750 bits per heavy atom. The van der Waals surface area contributed by atoms with Crippen molar-refractivity contribution >= 4 is 7.75 Å². The van der Waals surface area contributed by atoms with Gasteiger partial charge in [-0.1, -0.05) is 162 Å². The van der Waals surface area contributed by atoms with Crippen LogP contribution in [0.5, 0.6) is 0 Å². The summed E-state index contributed by atoms with van der Waals surface area (Å²) in [5, 5.41) is 0. The van der Waals surface area contributed by atoms with Crippen LogP contribution >= 0.6 is 7.75 Å².